The Bertz CT molecular complexity index is 1430. The molecule has 0 spiro atoms. The Morgan fingerprint density at radius 2 is 1.79 bits per heavy atom. The number of anilines is 2. The molecule has 0 aliphatic carbocycles. The quantitative estimate of drug-likeness (QED) is 0.617. The van der Waals surface area contributed by atoms with Crippen LogP contribution < -0.4 is 15.2 Å². The summed E-state index contributed by atoms with van der Waals surface area (Å²) < 4.78 is 27.1. The van der Waals surface area contributed by atoms with E-state index in [2.05, 4.69) is 25.5 Å². The van der Waals surface area contributed by atoms with Crippen molar-refractivity contribution in [3.05, 3.63) is 53.1 Å². The highest BCUT2D eigenvalue weighted by atomic mass is 32.2. The average molecular weight is 538 g/mol. The van der Waals surface area contributed by atoms with E-state index in [4.69, 9.17) is 0 Å². The maximum Gasteiger partial charge on any atom is 0.255 e. The molecule has 0 aromatic heterocycles. The summed E-state index contributed by atoms with van der Waals surface area (Å²) in [7, 11) is -3.90. The molecule has 0 radical (unpaired) electrons. The molecule has 4 aliphatic rings. The molecule has 2 fully saturated rings. The first-order valence-electron chi connectivity index (χ1n) is 12.9. The van der Waals surface area contributed by atoms with Gasteiger partial charge in [-0.15, -0.1) is 5.11 Å². The van der Waals surface area contributed by atoms with Crippen molar-refractivity contribution in [2.45, 2.75) is 36.7 Å². The molecule has 2 aromatic rings. The van der Waals surface area contributed by atoms with Crippen molar-refractivity contribution in [3.8, 4) is 0 Å². The zero-order valence-electron chi connectivity index (χ0n) is 21.5. The molecule has 2 atom stereocenters. The summed E-state index contributed by atoms with van der Waals surface area (Å²) in [5.74, 6) is -0.157. The molecular weight excluding hydrogens is 506 g/mol. The Morgan fingerprint density at radius 3 is 2.47 bits per heavy atom. The highest BCUT2D eigenvalue weighted by Crippen LogP contribution is 2.38. The summed E-state index contributed by atoms with van der Waals surface area (Å²) in [5, 5.41) is 11.4. The summed E-state index contributed by atoms with van der Waals surface area (Å²) in [4.78, 5) is 31.8. The molecule has 38 heavy (non-hydrogen) atoms. The third kappa shape index (κ3) is 4.21. The summed E-state index contributed by atoms with van der Waals surface area (Å²) in [6.07, 6.45) is 0.159. The number of carbonyl (C=O) groups excluding carboxylic acids is 2. The predicted molar refractivity (Wildman–Crippen MR) is 142 cm³/mol. The molecule has 2 saturated heterocycles. The molecule has 2 unspecified atom stereocenters. The van der Waals surface area contributed by atoms with Gasteiger partial charge in [0, 0.05) is 45.0 Å². The van der Waals surface area contributed by atoms with E-state index in [0.29, 0.717) is 23.4 Å². The van der Waals surface area contributed by atoms with Crippen molar-refractivity contribution >= 4 is 33.0 Å². The van der Waals surface area contributed by atoms with Crippen molar-refractivity contribution < 1.29 is 18.0 Å². The Kier molecular flexibility index (Phi) is 6.10. The van der Waals surface area contributed by atoms with Crippen molar-refractivity contribution in [2.24, 2.45) is 10.3 Å². The number of fused-ring (bicyclic) bond motifs is 3. The number of hydrogen-bond acceptors (Lipinski definition) is 9. The van der Waals surface area contributed by atoms with Crippen LogP contribution in [-0.2, 0) is 14.6 Å². The van der Waals surface area contributed by atoms with Crippen LogP contribution in [0.5, 0.6) is 0 Å². The lowest BCUT2D eigenvalue weighted by atomic mass is 10.1. The number of carbonyl (C=O) groups is 2. The molecule has 1 N–H and O–H groups in total. The number of rotatable bonds is 5. The number of sulfone groups is 1. The summed E-state index contributed by atoms with van der Waals surface area (Å²) in [6, 6.07) is 10.7. The van der Waals surface area contributed by atoms with Gasteiger partial charge in [0.15, 0.2) is 6.17 Å². The van der Waals surface area contributed by atoms with Crippen LogP contribution in [-0.4, -0.2) is 87.4 Å². The zero-order chi connectivity index (χ0) is 26.6. The van der Waals surface area contributed by atoms with Crippen LogP contribution in [0.2, 0.25) is 0 Å². The number of amides is 2. The van der Waals surface area contributed by atoms with Crippen LogP contribution in [0.1, 0.15) is 27.9 Å². The summed E-state index contributed by atoms with van der Waals surface area (Å²) >= 11 is 0. The van der Waals surface area contributed by atoms with E-state index in [1.54, 1.807) is 25.1 Å². The Labute approximate surface area is 222 Å². The first-order valence-corrected chi connectivity index (χ1v) is 14.5. The molecule has 6 rings (SSSR count). The molecule has 0 saturated carbocycles. The van der Waals surface area contributed by atoms with Gasteiger partial charge in [0.1, 0.15) is 0 Å². The lowest BCUT2D eigenvalue weighted by Gasteiger charge is -2.39. The lowest BCUT2D eigenvalue weighted by Crippen LogP contribution is -2.55. The first kappa shape index (κ1) is 24.8. The van der Waals surface area contributed by atoms with E-state index in [9.17, 15) is 18.0 Å². The second kappa shape index (κ2) is 9.35. The standard InChI is InChI=1S/C26H31N7O4S/c1-17-4-7-22(18(2)14-17)38(36,37)26-24-27-25(35)20-6-5-19(15-21(20)33(24)29-28-26)31-12-10-30(11-13-31)16-23(34)32-8-3-9-32/h4-7,14-15,24,26H,3,8-13,16H2,1-2H3,(H,27,35). The zero-order valence-corrected chi connectivity index (χ0v) is 22.3. The van der Waals surface area contributed by atoms with Crippen LogP contribution in [0, 0.1) is 13.8 Å². The Hall–Kier alpha value is -3.51. The van der Waals surface area contributed by atoms with Gasteiger partial charge in [0.05, 0.1) is 22.7 Å². The van der Waals surface area contributed by atoms with Gasteiger partial charge in [-0.1, -0.05) is 22.9 Å². The molecule has 11 nitrogen and oxygen atoms in total. The molecule has 200 valence electrons. The van der Waals surface area contributed by atoms with Gasteiger partial charge in [-0.2, -0.15) is 0 Å². The number of likely N-dealkylation sites (tertiary alicyclic amines) is 1. The van der Waals surface area contributed by atoms with E-state index in [1.165, 1.54) is 5.01 Å². The molecule has 2 aromatic carbocycles. The van der Waals surface area contributed by atoms with Crippen molar-refractivity contribution in [3.63, 3.8) is 0 Å². The van der Waals surface area contributed by atoms with Gasteiger partial charge in [0.2, 0.25) is 21.1 Å². The lowest BCUT2D eigenvalue weighted by molar-refractivity contribution is -0.135. The van der Waals surface area contributed by atoms with Gasteiger partial charge < -0.3 is 15.1 Å². The number of nitrogens with zero attached hydrogens (tertiary/aromatic N) is 6. The summed E-state index contributed by atoms with van der Waals surface area (Å²) in [6.45, 7) is 8.85. The molecule has 0 bridgehead atoms. The number of piperazine rings is 1. The maximum atomic E-state index is 13.6. The largest absolute Gasteiger partial charge is 0.369 e. The molecular formula is C26H31N7O4S. The number of hydrogen-bond donors (Lipinski definition) is 1. The van der Waals surface area contributed by atoms with E-state index in [1.807, 2.05) is 30.0 Å². The minimum absolute atomic E-state index is 0.188. The van der Waals surface area contributed by atoms with E-state index in [0.717, 1.165) is 56.9 Å². The smallest absolute Gasteiger partial charge is 0.255 e. The molecule has 2 amide bonds. The van der Waals surface area contributed by atoms with Crippen LogP contribution >= 0.6 is 0 Å². The van der Waals surface area contributed by atoms with E-state index < -0.39 is 21.4 Å². The van der Waals surface area contributed by atoms with Crippen molar-refractivity contribution in [2.75, 3.05) is 55.7 Å². The van der Waals surface area contributed by atoms with Crippen LogP contribution in [0.3, 0.4) is 0 Å². The fourth-order valence-electron chi connectivity index (χ4n) is 5.49. The molecule has 12 heteroatoms. The van der Waals surface area contributed by atoms with Gasteiger partial charge in [0.25, 0.3) is 5.91 Å². The van der Waals surface area contributed by atoms with E-state index >= 15 is 0 Å². The highest BCUT2D eigenvalue weighted by Gasteiger charge is 2.48. The van der Waals surface area contributed by atoms with E-state index in [-0.39, 0.29) is 16.7 Å². The first-order chi connectivity index (χ1) is 18.2. The second-order valence-electron chi connectivity index (χ2n) is 10.4. The minimum atomic E-state index is -3.90. The number of aryl methyl sites for hydroxylation is 2. The van der Waals surface area contributed by atoms with Crippen LogP contribution in [0.25, 0.3) is 0 Å². The normalized spacial score (nSPS) is 23.1. The molecule has 4 heterocycles. The fourth-order valence-corrected chi connectivity index (χ4v) is 7.20. The van der Waals surface area contributed by atoms with Gasteiger partial charge in [-0.25, -0.2) is 13.4 Å². The third-order valence-electron chi connectivity index (χ3n) is 7.81. The SMILES string of the molecule is Cc1ccc(S(=O)(=O)C2N=NN3c4cc(N5CCN(CC(=O)N6CCC6)CC5)ccc4C(=O)NC23)c(C)c1. The van der Waals surface area contributed by atoms with Crippen molar-refractivity contribution in [1.29, 1.82) is 0 Å². The van der Waals surface area contributed by atoms with Crippen LogP contribution in [0.15, 0.2) is 51.6 Å². The Morgan fingerprint density at radius 1 is 1.03 bits per heavy atom. The fraction of sp³-hybridized carbons (Fsp3) is 0.462. The minimum Gasteiger partial charge on any atom is -0.369 e. The number of nitrogens with one attached hydrogen (secondary N) is 1. The molecule has 4 aliphatic heterocycles. The number of benzene rings is 2. The van der Waals surface area contributed by atoms with Gasteiger partial charge >= 0.3 is 0 Å². The van der Waals surface area contributed by atoms with Gasteiger partial charge in [-0.05, 0) is 50.1 Å². The summed E-state index contributed by atoms with van der Waals surface area (Å²) in [5.41, 5.74) is 3.48. The van der Waals surface area contributed by atoms with Crippen molar-refractivity contribution in [1.82, 2.24) is 15.1 Å². The van der Waals surface area contributed by atoms with Crippen LogP contribution in [0.4, 0.5) is 11.4 Å². The predicted octanol–water partition coefficient (Wildman–Crippen LogP) is 1.71. The maximum absolute atomic E-state index is 13.6. The topological polar surface area (TPSA) is 118 Å². The Balaban J connectivity index is 1.20. The second-order valence-corrected chi connectivity index (χ2v) is 12.4. The third-order valence-corrected chi connectivity index (χ3v) is 9.87. The monoisotopic (exact) mass is 537 g/mol. The highest BCUT2D eigenvalue weighted by molar-refractivity contribution is 7.92. The van der Waals surface area contributed by atoms with Gasteiger partial charge in [-0.3, -0.25) is 14.5 Å². The average Bonchev–Trinajstić information content (AvgIpc) is 3.28.